The van der Waals surface area contributed by atoms with Gasteiger partial charge < -0.3 is 15.5 Å². The third-order valence-electron chi connectivity index (χ3n) is 3.20. The number of nitrogens with two attached hydrogens (primary N) is 1. The molecule has 1 aromatic heterocycles. The first-order valence-electron chi connectivity index (χ1n) is 6.29. The standard InChI is InChI=1S/C12H18N4O2S/c1-9(17)15-3-2-4-16(6-5-15)11(18)7-10-8-19-12(13)14-10/h8H,2-7H2,1H3,(H2,13,14). The predicted octanol–water partition coefficient (Wildman–Crippen LogP) is 0.349. The maximum Gasteiger partial charge on any atom is 0.228 e. The highest BCUT2D eigenvalue weighted by Gasteiger charge is 2.20. The number of thiazole rings is 1. The number of aromatic nitrogens is 1. The van der Waals surface area contributed by atoms with Gasteiger partial charge >= 0.3 is 0 Å². The van der Waals surface area contributed by atoms with Gasteiger partial charge in [-0.25, -0.2) is 4.98 Å². The molecule has 1 saturated heterocycles. The number of carbonyl (C=O) groups excluding carboxylic acids is 2. The van der Waals surface area contributed by atoms with Crippen LogP contribution in [0.25, 0.3) is 0 Å². The lowest BCUT2D eigenvalue weighted by Crippen LogP contribution is -2.37. The lowest BCUT2D eigenvalue weighted by molar-refractivity contribution is -0.132. The van der Waals surface area contributed by atoms with Crippen molar-refractivity contribution < 1.29 is 9.59 Å². The van der Waals surface area contributed by atoms with Gasteiger partial charge in [0.1, 0.15) is 0 Å². The molecule has 0 bridgehead atoms. The van der Waals surface area contributed by atoms with E-state index in [0.717, 1.165) is 18.7 Å². The summed E-state index contributed by atoms with van der Waals surface area (Å²) in [5, 5.41) is 2.30. The molecule has 0 spiro atoms. The van der Waals surface area contributed by atoms with Crippen molar-refractivity contribution in [2.45, 2.75) is 19.8 Å². The lowest BCUT2D eigenvalue weighted by atomic mass is 10.3. The molecule has 1 fully saturated rings. The fourth-order valence-electron chi connectivity index (χ4n) is 2.15. The Labute approximate surface area is 116 Å². The van der Waals surface area contributed by atoms with E-state index in [4.69, 9.17) is 5.73 Å². The molecule has 0 aromatic carbocycles. The molecule has 2 heterocycles. The topological polar surface area (TPSA) is 79.5 Å². The average Bonchev–Trinajstić information content (AvgIpc) is 2.65. The van der Waals surface area contributed by atoms with Crippen molar-refractivity contribution in [3.05, 3.63) is 11.1 Å². The van der Waals surface area contributed by atoms with Crippen molar-refractivity contribution >= 4 is 28.3 Å². The van der Waals surface area contributed by atoms with Crippen molar-refractivity contribution in [2.24, 2.45) is 0 Å². The van der Waals surface area contributed by atoms with E-state index in [2.05, 4.69) is 4.98 Å². The SMILES string of the molecule is CC(=O)N1CCCN(C(=O)Cc2csc(N)n2)CC1. The molecule has 2 rings (SSSR count). The summed E-state index contributed by atoms with van der Waals surface area (Å²) >= 11 is 1.34. The van der Waals surface area contributed by atoms with Crippen LogP contribution >= 0.6 is 11.3 Å². The second kappa shape index (κ2) is 6.01. The molecule has 2 amide bonds. The maximum absolute atomic E-state index is 12.2. The number of carbonyl (C=O) groups is 2. The highest BCUT2D eigenvalue weighted by Crippen LogP contribution is 2.13. The normalized spacial score (nSPS) is 16.3. The van der Waals surface area contributed by atoms with Crippen molar-refractivity contribution in [1.82, 2.24) is 14.8 Å². The third-order valence-corrected chi connectivity index (χ3v) is 3.92. The summed E-state index contributed by atoms with van der Waals surface area (Å²) in [5.41, 5.74) is 6.27. The number of amides is 2. The lowest BCUT2D eigenvalue weighted by Gasteiger charge is -2.21. The zero-order valence-electron chi connectivity index (χ0n) is 11.0. The Morgan fingerprint density at radius 1 is 1.32 bits per heavy atom. The van der Waals surface area contributed by atoms with Gasteiger partial charge in [-0.1, -0.05) is 0 Å². The first-order valence-corrected chi connectivity index (χ1v) is 7.17. The van der Waals surface area contributed by atoms with Gasteiger partial charge in [0.15, 0.2) is 5.13 Å². The Balaban J connectivity index is 1.91. The molecule has 19 heavy (non-hydrogen) atoms. The van der Waals surface area contributed by atoms with Crippen LogP contribution in [0.4, 0.5) is 5.13 Å². The quantitative estimate of drug-likeness (QED) is 0.849. The highest BCUT2D eigenvalue weighted by atomic mass is 32.1. The maximum atomic E-state index is 12.2. The van der Waals surface area contributed by atoms with Gasteiger partial charge in [-0.3, -0.25) is 9.59 Å². The minimum absolute atomic E-state index is 0.0516. The number of hydrogen-bond donors (Lipinski definition) is 1. The van der Waals surface area contributed by atoms with E-state index >= 15 is 0 Å². The summed E-state index contributed by atoms with van der Waals surface area (Å²) < 4.78 is 0. The Morgan fingerprint density at radius 3 is 2.63 bits per heavy atom. The summed E-state index contributed by atoms with van der Waals surface area (Å²) in [6, 6.07) is 0. The second-order valence-corrected chi connectivity index (χ2v) is 5.48. The molecule has 1 aliphatic rings. The van der Waals surface area contributed by atoms with E-state index in [1.54, 1.807) is 16.7 Å². The van der Waals surface area contributed by atoms with Crippen LogP contribution in [0.15, 0.2) is 5.38 Å². The number of nitrogens with zero attached hydrogens (tertiary/aromatic N) is 3. The Kier molecular flexibility index (Phi) is 4.36. The van der Waals surface area contributed by atoms with Crippen LogP contribution in [0, 0.1) is 0 Å². The molecule has 1 aliphatic heterocycles. The first-order chi connectivity index (χ1) is 9.06. The Hall–Kier alpha value is -1.63. The number of anilines is 1. The fraction of sp³-hybridized carbons (Fsp3) is 0.583. The third kappa shape index (κ3) is 3.66. The summed E-state index contributed by atoms with van der Waals surface area (Å²) in [4.78, 5) is 31.2. The number of nitrogen functional groups attached to an aromatic ring is 1. The zero-order valence-corrected chi connectivity index (χ0v) is 11.8. The van der Waals surface area contributed by atoms with Crippen molar-refractivity contribution in [2.75, 3.05) is 31.9 Å². The van der Waals surface area contributed by atoms with E-state index in [9.17, 15) is 9.59 Å². The Bertz CT molecular complexity index is 474. The van der Waals surface area contributed by atoms with Crippen molar-refractivity contribution in [3.8, 4) is 0 Å². The largest absolute Gasteiger partial charge is 0.375 e. The van der Waals surface area contributed by atoms with Crippen LogP contribution < -0.4 is 5.73 Å². The van der Waals surface area contributed by atoms with Crippen LogP contribution in [0.2, 0.25) is 0 Å². The van der Waals surface area contributed by atoms with Gasteiger partial charge in [-0.15, -0.1) is 11.3 Å². The van der Waals surface area contributed by atoms with Crippen molar-refractivity contribution in [1.29, 1.82) is 0 Å². The summed E-state index contributed by atoms with van der Waals surface area (Å²) in [6.07, 6.45) is 1.11. The minimum atomic E-state index is 0.0516. The van der Waals surface area contributed by atoms with E-state index in [1.165, 1.54) is 11.3 Å². The highest BCUT2D eigenvalue weighted by molar-refractivity contribution is 7.13. The summed E-state index contributed by atoms with van der Waals surface area (Å²) in [5.74, 6) is 0.122. The van der Waals surface area contributed by atoms with Gasteiger partial charge in [-0.05, 0) is 6.42 Å². The first kappa shape index (κ1) is 13.8. The zero-order chi connectivity index (χ0) is 13.8. The summed E-state index contributed by atoms with van der Waals surface area (Å²) in [7, 11) is 0. The molecule has 0 aliphatic carbocycles. The van der Waals surface area contributed by atoms with Crippen LogP contribution in [0.5, 0.6) is 0 Å². The molecule has 7 heteroatoms. The molecule has 0 atom stereocenters. The van der Waals surface area contributed by atoms with Crippen LogP contribution in [0.1, 0.15) is 19.0 Å². The van der Waals surface area contributed by atoms with Crippen molar-refractivity contribution in [3.63, 3.8) is 0 Å². The average molecular weight is 282 g/mol. The number of hydrogen-bond acceptors (Lipinski definition) is 5. The second-order valence-electron chi connectivity index (χ2n) is 4.59. The Morgan fingerprint density at radius 2 is 2.00 bits per heavy atom. The molecule has 0 radical (unpaired) electrons. The van der Waals surface area contributed by atoms with Gasteiger partial charge in [0, 0.05) is 38.5 Å². The molecule has 6 nitrogen and oxygen atoms in total. The molecule has 0 unspecified atom stereocenters. The monoisotopic (exact) mass is 282 g/mol. The fourth-order valence-corrected chi connectivity index (χ4v) is 2.72. The van der Waals surface area contributed by atoms with Crippen LogP contribution in [-0.4, -0.2) is 52.8 Å². The van der Waals surface area contributed by atoms with Gasteiger partial charge in [0.05, 0.1) is 12.1 Å². The van der Waals surface area contributed by atoms with Gasteiger partial charge in [-0.2, -0.15) is 0 Å². The molecule has 1 aromatic rings. The van der Waals surface area contributed by atoms with Gasteiger partial charge in [0.2, 0.25) is 11.8 Å². The predicted molar refractivity (Wildman–Crippen MR) is 73.7 cm³/mol. The van der Waals surface area contributed by atoms with Gasteiger partial charge in [0.25, 0.3) is 0 Å². The van der Waals surface area contributed by atoms with E-state index in [1.807, 2.05) is 5.38 Å². The van der Waals surface area contributed by atoms with E-state index < -0.39 is 0 Å². The minimum Gasteiger partial charge on any atom is -0.375 e. The molecule has 0 saturated carbocycles. The van der Waals surface area contributed by atoms with Crippen LogP contribution in [0.3, 0.4) is 0 Å². The summed E-state index contributed by atoms with van der Waals surface area (Å²) in [6.45, 7) is 4.19. The van der Waals surface area contributed by atoms with E-state index in [-0.39, 0.29) is 18.2 Å². The number of rotatable bonds is 2. The van der Waals surface area contributed by atoms with E-state index in [0.29, 0.717) is 24.8 Å². The molecular weight excluding hydrogens is 264 g/mol. The van der Waals surface area contributed by atoms with Crippen LogP contribution in [-0.2, 0) is 16.0 Å². The molecule has 2 N–H and O–H groups in total. The molecular formula is C12H18N4O2S. The smallest absolute Gasteiger partial charge is 0.228 e. The molecule has 104 valence electrons.